The van der Waals surface area contributed by atoms with Crippen LogP contribution in [0.4, 0.5) is 5.69 Å². The molecule has 0 bridgehead atoms. The minimum Gasteiger partial charge on any atom is -0.368 e. The van der Waals surface area contributed by atoms with Crippen molar-refractivity contribution < 1.29 is 4.52 Å². The summed E-state index contributed by atoms with van der Waals surface area (Å²) in [6.07, 6.45) is 4.04. The van der Waals surface area contributed by atoms with Crippen LogP contribution in [0.1, 0.15) is 61.4 Å². The number of anilines is 1. The summed E-state index contributed by atoms with van der Waals surface area (Å²) in [7, 11) is 0. The van der Waals surface area contributed by atoms with Crippen LogP contribution in [0.25, 0.3) is 0 Å². The number of nitrogens with zero attached hydrogens (tertiary/aromatic N) is 2. The Bertz CT molecular complexity index is 643. The maximum Gasteiger partial charge on any atom is 0.147 e. The van der Waals surface area contributed by atoms with Crippen LogP contribution in [0.2, 0.25) is 0 Å². The number of hydrogen-bond donors (Lipinski definition) is 0. The molecule has 0 spiro atoms. The topological polar surface area (TPSA) is 29.3 Å². The van der Waals surface area contributed by atoms with Crippen molar-refractivity contribution in [3.8, 4) is 0 Å². The summed E-state index contributed by atoms with van der Waals surface area (Å²) in [4.78, 5) is 2.34. The van der Waals surface area contributed by atoms with Crippen molar-refractivity contribution in [1.82, 2.24) is 5.16 Å². The van der Waals surface area contributed by atoms with Crippen LogP contribution in [0, 0.1) is 6.92 Å². The first kappa shape index (κ1) is 15.1. The Hall–Kier alpha value is -1.77. The van der Waals surface area contributed by atoms with Crippen molar-refractivity contribution in [2.24, 2.45) is 0 Å². The molecule has 0 saturated carbocycles. The molecule has 0 saturated heterocycles. The van der Waals surface area contributed by atoms with E-state index in [1.54, 1.807) is 0 Å². The second kappa shape index (κ2) is 6.15. The zero-order chi connectivity index (χ0) is 15.7. The Morgan fingerprint density at radius 1 is 1.27 bits per heavy atom. The van der Waals surface area contributed by atoms with Crippen LogP contribution in [0.3, 0.4) is 0 Å². The highest BCUT2D eigenvalue weighted by Gasteiger charge is 2.30. The van der Waals surface area contributed by atoms with Crippen LogP contribution >= 0.6 is 0 Å². The maximum absolute atomic E-state index is 5.34. The monoisotopic (exact) mass is 298 g/mol. The molecule has 2 aromatic rings. The molecule has 1 aliphatic carbocycles. The molecule has 0 fully saturated rings. The molecule has 0 N–H and O–H groups in total. The molecule has 0 radical (unpaired) electrons. The van der Waals surface area contributed by atoms with Gasteiger partial charge in [0.05, 0.1) is 0 Å². The molecule has 1 aromatic heterocycles. The highest BCUT2D eigenvalue weighted by molar-refractivity contribution is 5.51. The molecule has 2 unspecified atom stereocenters. The zero-order valence-electron chi connectivity index (χ0n) is 14.1. The standard InChI is InChI=1S/C19H26N2O/c1-5-21(6-2)18-12-22-20-19(18)16-10-14(4)17-8-7-13(3)9-15(17)11-16/h7-9,12,14,16H,5-6,10-11H2,1-4H3. The molecule has 2 atom stereocenters. The predicted octanol–water partition coefficient (Wildman–Crippen LogP) is 4.66. The van der Waals surface area contributed by atoms with Gasteiger partial charge in [0.2, 0.25) is 0 Å². The third kappa shape index (κ3) is 2.65. The first-order valence-electron chi connectivity index (χ1n) is 8.42. The third-order valence-electron chi connectivity index (χ3n) is 5.00. The lowest BCUT2D eigenvalue weighted by atomic mass is 9.76. The second-order valence-electron chi connectivity index (χ2n) is 6.50. The first-order valence-corrected chi connectivity index (χ1v) is 8.42. The number of hydrogen-bond acceptors (Lipinski definition) is 3. The number of rotatable bonds is 4. The maximum atomic E-state index is 5.34. The molecule has 1 heterocycles. The molecule has 0 aliphatic heterocycles. The SMILES string of the molecule is CCN(CC)c1conc1C1Cc2cc(C)ccc2C(C)C1. The fraction of sp³-hybridized carbons (Fsp3) is 0.526. The Kier molecular flexibility index (Phi) is 4.23. The van der Waals surface area contributed by atoms with E-state index in [0.29, 0.717) is 11.8 Å². The molecule has 22 heavy (non-hydrogen) atoms. The number of fused-ring (bicyclic) bond motifs is 1. The van der Waals surface area contributed by atoms with Crippen molar-refractivity contribution in [3.05, 3.63) is 46.8 Å². The van der Waals surface area contributed by atoms with Crippen molar-refractivity contribution in [3.63, 3.8) is 0 Å². The molecule has 3 rings (SSSR count). The van der Waals surface area contributed by atoms with Gasteiger partial charge in [0.1, 0.15) is 17.6 Å². The normalized spacial score (nSPS) is 20.7. The largest absolute Gasteiger partial charge is 0.368 e. The van der Waals surface area contributed by atoms with Crippen LogP contribution in [0.5, 0.6) is 0 Å². The van der Waals surface area contributed by atoms with Gasteiger partial charge in [-0.3, -0.25) is 0 Å². The van der Waals surface area contributed by atoms with Crippen molar-refractivity contribution in [2.75, 3.05) is 18.0 Å². The van der Waals surface area contributed by atoms with Gasteiger partial charge in [-0.2, -0.15) is 0 Å². The lowest BCUT2D eigenvalue weighted by Crippen LogP contribution is -2.24. The molecular formula is C19H26N2O. The Labute approximate surface area is 133 Å². The fourth-order valence-corrected chi connectivity index (χ4v) is 3.83. The molecule has 118 valence electrons. The summed E-state index contributed by atoms with van der Waals surface area (Å²) in [6.45, 7) is 10.8. The van der Waals surface area contributed by atoms with Crippen LogP contribution in [0.15, 0.2) is 29.0 Å². The molecule has 3 heteroatoms. The average molecular weight is 298 g/mol. The third-order valence-corrected chi connectivity index (χ3v) is 5.00. The average Bonchev–Trinajstić information content (AvgIpc) is 2.97. The van der Waals surface area contributed by atoms with E-state index in [4.69, 9.17) is 4.52 Å². The predicted molar refractivity (Wildman–Crippen MR) is 90.7 cm³/mol. The van der Waals surface area contributed by atoms with Crippen molar-refractivity contribution in [1.29, 1.82) is 0 Å². The minimum absolute atomic E-state index is 0.457. The van der Waals surface area contributed by atoms with E-state index in [9.17, 15) is 0 Å². The van der Waals surface area contributed by atoms with Gasteiger partial charge in [0.25, 0.3) is 0 Å². The molecule has 0 amide bonds. The smallest absolute Gasteiger partial charge is 0.147 e. The fourth-order valence-electron chi connectivity index (χ4n) is 3.83. The summed E-state index contributed by atoms with van der Waals surface area (Å²) in [5.74, 6) is 1.04. The summed E-state index contributed by atoms with van der Waals surface area (Å²) in [5.41, 5.74) is 6.66. The van der Waals surface area contributed by atoms with Gasteiger partial charge in [-0.15, -0.1) is 0 Å². The second-order valence-corrected chi connectivity index (χ2v) is 6.50. The summed E-state index contributed by atoms with van der Waals surface area (Å²) in [5, 5.41) is 4.37. The van der Waals surface area contributed by atoms with E-state index >= 15 is 0 Å². The van der Waals surface area contributed by atoms with Crippen LogP contribution in [-0.4, -0.2) is 18.2 Å². The van der Waals surface area contributed by atoms with E-state index in [1.807, 2.05) is 6.26 Å². The Morgan fingerprint density at radius 3 is 2.77 bits per heavy atom. The van der Waals surface area contributed by atoms with E-state index < -0.39 is 0 Å². The highest BCUT2D eigenvalue weighted by Crippen LogP contribution is 2.42. The Balaban J connectivity index is 1.93. The molecule has 1 aromatic carbocycles. The van der Waals surface area contributed by atoms with Gasteiger partial charge in [0, 0.05) is 19.0 Å². The quantitative estimate of drug-likeness (QED) is 0.822. The first-order chi connectivity index (χ1) is 10.6. The number of aryl methyl sites for hydroxylation is 1. The van der Waals surface area contributed by atoms with Gasteiger partial charge in [-0.25, -0.2) is 0 Å². The lowest BCUT2D eigenvalue weighted by Gasteiger charge is -2.30. The molecule has 1 aliphatic rings. The Morgan fingerprint density at radius 2 is 2.05 bits per heavy atom. The van der Waals surface area contributed by atoms with Gasteiger partial charge in [-0.05, 0) is 50.7 Å². The number of benzene rings is 1. The molecule has 3 nitrogen and oxygen atoms in total. The van der Waals surface area contributed by atoms with Crippen molar-refractivity contribution >= 4 is 5.69 Å². The van der Waals surface area contributed by atoms with Crippen LogP contribution < -0.4 is 4.90 Å². The van der Waals surface area contributed by atoms with Gasteiger partial charge < -0.3 is 9.42 Å². The van der Waals surface area contributed by atoms with Crippen LogP contribution in [-0.2, 0) is 6.42 Å². The summed E-state index contributed by atoms with van der Waals surface area (Å²) < 4.78 is 5.34. The summed E-state index contributed by atoms with van der Waals surface area (Å²) in [6, 6.07) is 6.88. The van der Waals surface area contributed by atoms with E-state index in [2.05, 4.69) is 56.0 Å². The van der Waals surface area contributed by atoms with E-state index in [0.717, 1.165) is 31.6 Å². The zero-order valence-corrected chi connectivity index (χ0v) is 14.1. The molecular weight excluding hydrogens is 272 g/mol. The highest BCUT2D eigenvalue weighted by atomic mass is 16.5. The van der Waals surface area contributed by atoms with Gasteiger partial charge in [-0.1, -0.05) is 35.8 Å². The number of aromatic nitrogens is 1. The van der Waals surface area contributed by atoms with Crippen molar-refractivity contribution in [2.45, 2.75) is 52.4 Å². The van der Waals surface area contributed by atoms with E-state index in [1.165, 1.54) is 22.4 Å². The van der Waals surface area contributed by atoms with Gasteiger partial charge in [0.15, 0.2) is 0 Å². The summed E-state index contributed by atoms with van der Waals surface area (Å²) >= 11 is 0. The van der Waals surface area contributed by atoms with E-state index in [-0.39, 0.29) is 0 Å². The minimum atomic E-state index is 0.457. The van der Waals surface area contributed by atoms with Gasteiger partial charge >= 0.3 is 0 Å². The lowest BCUT2D eigenvalue weighted by molar-refractivity contribution is 0.395.